The molecule has 0 atom stereocenters. The van der Waals surface area contributed by atoms with Crippen LogP contribution in [0, 0.1) is 11.3 Å². The molecule has 31 heavy (non-hydrogen) atoms. The number of allylic oxidation sites excluding steroid dienone is 1. The van der Waals surface area contributed by atoms with Gasteiger partial charge in [-0.1, -0.05) is 11.6 Å². The maximum atomic E-state index is 9.75. The molecular weight excluding hydrogens is 430 g/mol. The third-order valence-electron chi connectivity index (χ3n) is 4.62. The molecule has 0 bridgehead atoms. The van der Waals surface area contributed by atoms with E-state index in [1.54, 1.807) is 13.2 Å². The van der Waals surface area contributed by atoms with Crippen molar-refractivity contribution in [2.75, 3.05) is 13.7 Å². The lowest BCUT2D eigenvalue weighted by Gasteiger charge is -2.05. The normalized spacial score (nSPS) is 11.4. The largest absolute Gasteiger partial charge is 0.497 e. The SMILES string of the molecule is CCOc1ccc(-c2csc(C(C#N)=Cc3cc4cc(OC)ccc4nc3Cl)n2)cc1. The zero-order valence-corrected chi connectivity index (χ0v) is 18.5. The van der Waals surface area contributed by atoms with Gasteiger partial charge >= 0.3 is 0 Å². The van der Waals surface area contributed by atoms with Crippen molar-refractivity contribution in [1.82, 2.24) is 9.97 Å². The number of benzene rings is 2. The first-order valence-electron chi connectivity index (χ1n) is 9.56. The molecule has 4 rings (SSSR count). The van der Waals surface area contributed by atoms with E-state index < -0.39 is 0 Å². The molecule has 0 aliphatic heterocycles. The summed E-state index contributed by atoms with van der Waals surface area (Å²) in [4.78, 5) is 9.08. The Hall–Kier alpha value is -3.40. The van der Waals surface area contributed by atoms with Gasteiger partial charge in [0.2, 0.25) is 0 Å². The zero-order chi connectivity index (χ0) is 21.8. The average molecular weight is 448 g/mol. The van der Waals surface area contributed by atoms with E-state index in [4.69, 9.17) is 21.1 Å². The predicted octanol–water partition coefficient (Wildman–Crippen LogP) is 6.48. The number of rotatable bonds is 6. The predicted molar refractivity (Wildman–Crippen MR) is 126 cm³/mol. The highest BCUT2D eigenvalue weighted by Gasteiger charge is 2.12. The molecule has 4 aromatic rings. The third-order valence-corrected chi connectivity index (χ3v) is 5.80. The second-order valence-electron chi connectivity index (χ2n) is 6.59. The van der Waals surface area contributed by atoms with Gasteiger partial charge in [-0.2, -0.15) is 5.26 Å². The van der Waals surface area contributed by atoms with Crippen LogP contribution in [-0.4, -0.2) is 23.7 Å². The van der Waals surface area contributed by atoms with Crippen molar-refractivity contribution in [3.05, 3.63) is 69.6 Å². The van der Waals surface area contributed by atoms with Crippen LogP contribution < -0.4 is 9.47 Å². The summed E-state index contributed by atoms with van der Waals surface area (Å²) in [5.41, 5.74) is 3.59. The Morgan fingerprint density at radius 3 is 2.61 bits per heavy atom. The Morgan fingerprint density at radius 2 is 1.90 bits per heavy atom. The summed E-state index contributed by atoms with van der Waals surface area (Å²) >= 11 is 7.79. The van der Waals surface area contributed by atoms with Crippen molar-refractivity contribution in [1.29, 1.82) is 5.26 Å². The number of nitrogens with zero attached hydrogens (tertiary/aromatic N) is 3. The van der Waals surface area contributed by atoms with Gasteiger partial charge in [0.25, 0.3) is 0 Å². The van der Waals surface area contributed by atoms with Crippen LogP contribution >= 0.6 is 22.9 Å². The Bertz CT molecular complexity index is 1310. The number of halogens is 1. The first kappa shape index (κ1) is 20.9. The van der Waals surface area contributed by atoms with Crippen LogP contribution in [0.2, 0.25) is 5.15 Å². The lowest BCUT2D eigenvalue weighted by Crippen LogP contribution is -1.90. The number of methoxy groups -OCH3 is 1. The van der Waals surface area contributed by atoms with Crippen LogP contribution in [0.5, 0.6) is 11.5 Å². The van der Waals surface area contributed by atoms with Gasteiger partial charge in [0.15, 0.2) is 0 Å². The molecule has 2 aromatic carbocycles. The molecule has 0 saturated carbocycles. The van der Waals surface area contributed by atoms with Gasteiger partial charge in [-0.05, 0) is 61.5 Å². The number of fused-ring (bicyclic) bond motifs is 1. The van der Waals surface area contributed by atoms with E-state index >= 15 is 0 Å². The summed E-state index contributed by atoms with van der Waals surface area (Å²) < 4.78 is 10.8. The third kappa shape index (κ3) is 4.53. The van der Waals surface area contributed by atoms with Crippen LogP contribution in [0.3, 0.4) is 0 Å². The van der Waals surface area contributed by atoms with Crippen molar-refractivity contribution in [2.45, 2.75) is 6.92 Å². The smallest absolute Gasteiger partial charge is 0.137 e. The molecule has 0 amide bonds. The summed E-state index contributed by atoms with van der Waals surface area (Å²) in [6.45, 7) is 2.57. The monoisotopic (exact) mass is 447 g/mol. The minimum absolute atomic E-state index is 0.328. The van der Waals surface area contributed by atoms with Crippen LogP contribution in [0.4, 0.5) is 0 Å². The Morgan fingerprint density at radius 1 is 1.13 bits per heavy atom. The molecule has 0 unspecified atom stereocenters. The molecule has 5 nitrogen and oxygen atoms in total. The van der Waals surface area contributed by atoms with Crippen molar-refractivity contribution in [3.63, 3.8) is 0 Å². The van der Waals surface area contributed by atoms with E-state index in [9.17, 15) is 5.26 Å². The van der Waals surface area contributed by atoms with E-state index in [1.807, 2.05) is 60.8 Å². The number of thiazole rings is 1. The summed E-state index contributed by atoms with van der Waals surface area (Å²) in [5.74, 6) is 1.54. The van der Waals surface area contributed by atoms with Crippen LogP contribution in [0.1, 0.15) is 17.5 Å². The van der Waals surface area contributed by atoms with Crippen LogP contribution in [0.15, 0.2) is 53.9 Å². The standard InChI is InChI=1S/C24H18ClN3O2S/c1-3-30-19-6-4-15(5-7-19)22-14-31-24(28-22)18(13-26)11-17-10-16-12-20(29-2)8-9-21(16)27-23(17)25/h4-12,14H,3H2,1-2H3. The second-order valence-corrected chi connectivity index (χ2v) is 7.81. The minimum atomic E-state index is 0.328. The maximum Gasteiger partial charge on any atom is 0.137 e. The summed E-state index contributed by atoms with van der Waals surface area (Å²) in [6, 6.07) is 17.4. The van der Waals surface area contributed by atoms with E-state index in [2.05, 4.69) is 16.0 Å². The van der Waals surface area contributed by atoms with Gasteiger partial charge in [-0.3, -0.25) is 0 Å². The second kappa shape index (κ2) is 9.17. The lowest BCUT2D eigenvalue weighted by atomic mass is 10.1. The highest BCUT2D eigenvalue weighted by molar-refractivity contribution is 7.11. The van der Waals surface area contributed by atoms with Gasteiger partial charge in [-0.15, -0.1) is 11.3 Å². The first-order valence-corrected chi connectivity index (χ1v) is 10.8. The summed E-state index contributed by atoms with van der Waals surface area (Å²) in [5, 5.41) is 13.5. The van der Waals surface area contributed by atoms with Crippen molar-refractivity contribution in [2.24, 2.45) is 0 Å². The molecule has 0 aliphatic carbocycles. The Kier molecular flexibility index (Phi) is 6.17. The molecule has 7 heteroatoms. The van der Waals surface area contributed by atoms with E-state index in [-0.39, 0.29) is 0 Å². The molecule has 0 spiro atoms. The first-order chi connectivity index (χ1) is 15.1. The van der Waals surface area contributed by atoms with Gasteiger partial charge in [0.1, 0.15) is 27.7 Å². The number of pyridine rings is 1. The molecule has 2 aromatic heterocycles. The summed E-state index contributed by atoms with van der Waals surface area (Å²) in [6.07, 6.45) is 1.72. The van der Waals surface area contributed by atoms with Crippen molar-refractivity contribution < 1.29 is 9.47 Å². The molecule has 0 fully saturated rings. The van der Waals surface area contributed by atoms with Crippen LogP contribution in [0.25, 0.3) is 33.8 Å². The number of hydrogen-bond donors (Lipinski definition) is 0. The Labute approximate surface area is 189 Å². The highest BCUT2D eigenvalue weighted by atomic mass is 35.5. The van der Waals surface area contributed by atoms with Gasteiger partial charge < -0.3 is 9.47 Å². The molecule has 0 radical (unpaired) electrons. The summed E-state index contributed by atoms with van der Waals surface area (Å²) in [7, 11) is 1.61. The van der Waals surface area contributed by atoms with Crippen molar-refractivity contribution in [3.8, 4) is 28.8 Å². The molecule has 0 N–H and O–H groups in total. The van der Waals surface area contributed by atoms with Gasteiger partial charge in [-0.25, -0.2) is 9.97 Å². The quantitative estimate of drug-likeness (QED) is 0.250. The highest BCUT2D eigenvalue weighted by Crippen LogP contribution is 2.31. The number of nitriles is 1. The van der Waals surface area contributed by atoms with E-state index in [0.717, 1.165) is 33.7 Å². The lowest BCUT2D eigenvalue weighted by molar-refractivity contribution is 0.340. The topological polar surface area (TPSA) is 68.0 Å². The van der Waals surface area contributed by atoms with E-state index in [0.29, 0.717) is 27.9 Å². The fraction of sp³-hybridized carbons (Fsp3) is 0.125. The average Bonchev–Trinajstić information content (AvgIpc) is 3.28. The molecule has 0 saturated heterocycles. The van der Waals surface area contributed by atoms with Crippen LogP contribution in [-0.2, 0) is 0 Å². The zero-order valence-electron chi connectivity index (χ0n) is 16.9. The van der Waals surface area contributed by atoms with Gasteiger partial charge in [0, 0.05) is 21.9 Å². The van der Waals surface area contributed by atoms with Crippen molar-refractivity contribution >= 4 is 45.5 Å². The fourth-order valence-electron chi connectivity index (χ4n) is 3.09. The maximum absolute atomic E-state index is 9.75. The molecule has 2 heterocycles. The van der Waals surface area contributed by atoms with Gasteiger partial charge in [0.05, 0.1) is 30.5 Å². The number of hydrogen-bond acceptors (Lipinski definition) is 6. The number of aromatic nitrogens is 2. The fourth-order valence-corrected chi connectivity index (χ4v) is 4.09. The molecule has 0 aliphatic rings. The molecular formula is C24H18ClN3O2S. The number of ether oxygens (including phenoxy) is 2. The Balaban J connectivity index is 1.68. The minimum Gasteiger partial charge on any atom is -0.497 e. The van der Waals surface area contributed by atoms with E-state index in [1.165, 1.54) is 11.3 Å². The molecule has 154 valence electrons.